The molecule has 0 amide bonds. The average Bonchev–Trinajstić information content (AvgIpc) is 2.63. The number of hydrogen-bond acceptors (Lipinski definition) is 3. The van der Waals surface area contributed by atoms with Crippen molar-refractivity contribution in [2.75, 3.05) is 5.75 Å². The fraction of sp³-hybridized carbons (Fsp3) is 0.667. The van der Waals surface area contributed by atoms with E-state index in [1.807, 2.05) is 19.4 Å². The molecule has 0 saturated heterocycles. The highest BCUT2D eigenvalue weighted by Gasteiger charge is 2.25. The minimum absolute atomic E-state index is 0.598. The number of nitrogens with zero attached hydrogens (tertiary/aromatic N) is 2. The molecular formula is C12H20N2O2S. The van der Waals surface area contributed by atoms with Crippen LogP contribution in [0, 0.1) is 5.41 Å². The van der Waals surface area contributed by atoms with E-state index in [0.717, 1.165) is 25.0 Å². The minimum atomic E-state index is -0.711. The summed E-state index contributed by atoms with van der Waals surface area (Å²) < 4.78 is 1.79. The second-order valence-electron chi connectivity index (χ2n) is 4.84. The molecule has 0 aromatic carbocycles. The van der Waals surface area contributed by atoms with Gasteiger partial charge >= 0.3 is 5.97 Å². The molecule has 5 heteroatoms. The lowest BCUT2D eigenvalue weighted by Crippen LogP contribution is -2.23. The van der Waals surface area contributed by atoms with E-state index < -0.39 is 11.4 Å². The number of thioether (sulfide) groups is 1. The molecule has 0 bridgehead atoms. The maximum absolute atomic E-state index is 10.9. The molecule has 0 aliphatic carbocycles. The van der Waals surface area contributed by atoms with Gasteiger partial charge in [0.2, 0.25) is 0 Å². The van der Waals surface area contributed by atoms with Crippen LogP contribution in [0.15, 0.2) is 17.3 Å². The van der Waals surface area contributed by atoms with Crippen molar-refractivity contribution in [1.29, 1.82) is 0 Å². The third kappa shape index (κ3) is 4.81. The molecule has 96 valence electrons. The lowest BCUT2D eigenvalue weighted by Gasteiger charge is -2.18. The first kappa shape index (κ1) is 14.1. The van der Waals surface area contributed by atoms with Crippen LogP contribution in [0.5, 0.6) is 0 Å². The molecule has 1 heterocycles. The number of aliphatic carboxylic acids is 1. The van der Waals surface area contributed by atoms with Crippen LogP contribution in [0.1, 0.15) is 33.1 Å². The van der Waals surface area contributed by atoms with E-state index in [1.54, 1.807) is 30.3 Å². The Morgan fingerprint density at radius 1 is 1.53 bits per heavy atom. The first-order valence-electron chi connectivity index (χ1n) is 5.77. The maximum Gasteiger partial charge on any atom is 0.309 e. The summed E-state index contributed by atoms with van der Waals surface area (Å²) >= 11 is 1.77. The Labute approximate surface area is 106 Å². The summed E-state index contributed by atoms with van der Waals surface area (Å²) in [4.78, 5) is 12.1. The molecule has 1 aromatic heterocycles. The number of aryl methyl sites for hydroxylation is 1. The third-order valence-corrected chi connectivity index (χ3v) is 3.76. The number of carboxylic acids is 1. The van der Waals surface area contributed by atoms with Crippen molar-refractivity contribution in [1.82, 2.24) is 9.78 Å². The van der Waals surface area contributed by atoms with Crippen molar-refractivity contribution in [2.24, 2.45) is 12.5 Å². The Bertz CT molecular complexity index is 374. The van der Waals surface area contributed by atoms with Gasteiger partial charge in [-0.25, -0.2) is 0 Å². The number of aromatic nitrogens is 2. The van der Waals surface area contributed by atoms with Crippen LogP contribution in [0.25, 0.3) is 0 Å². The van der Waals surface area contributed by atoms with Crippen molar-refractivity contribution in [2.45, 2.75) is 38.0 Å². The number of rotatable bonds is 7. The number of unbranched alkanes of at least 4 members (excludes halogenated alkanes) is 1. The predicted octanol–water partition coefficient (Wildman–Crippen LogP) is 2.79. The topological polar surface area (TPSA) is 55.1 Å². The summed E-state index contributed by atoms with van der Waals surface area (Å²) in [5, 5.41) is 13.1. The summed E-state index contributed by atoms with van der Waals surface area (Å²) in [6, 6.07) is 0. The van der Waals surface area contributed by atoms with Crippen molar-refractivity contribution in [3.05, 3.63) is 12.4 Å². The first-order valence-corrected chi connectivity index (χ1v) is 6.75. The summed E-state index contributed by atoms with van der Waals surface area (Å²) in [5.74, 6) is 0.305. The van der Waals surface area contributed by atoms with Crippen LogP contribution < -0.4 is 0 Å². The molecule has 0 radical (unpaired) electrons. The highest BCUT2D eigenvalue weighted by molar-refractivity contribution is 7.99. The number of carboxylic acid groups (broad SMARTS) is 1. The molecule has 4 nitrogen and oxygen atoms in total. The zero-order valence-electron chi connectivity index (χ0n) is 10.6. The molecule has 0 unspecified atom stereocenters. The second kappa shape index (κ2) is 6.10. The third-order valence-electron chi connectivity index (χ3n) is 2.72. The van der Waals surface area contributed by atoms with Gasteiger partial charge in [-0.15, -0.1) is 11.8 Å². The van der Waals surface area contributed by atoms with Crippen molar-refractivity contribution in [3.8, 4) is 0 Å². The Morgan fingerprint density at radius 2 is 2.24 bits per heavy atom. The fourth-order valence-corrected chi connectivity index (χ4v) is 2.37. The lowest BCUT2D eigenvalue weighted by molar-refractivity contribution is -0.147. The molecule has 0 aliphatic heterocycles. The predicted molar refractivity (Wildman–Crippen MR) is 69.2 cm³/mol. The number of carbonyl (C=O) groups is 1. The quantitative estimate of drug-likeness (QED) is 0.602. The van der Waals surface area contributed by atoms with Gasteiger partial charge in [-0.05, 0) is 32.4 Å². The monoisotopic (exact) mass is 256 g/mol. The van der Waals surface area contributed by atoms with E-state index in [9.17, 15) is 4.79 Å². The molecule has 0 atom stereocenters. The largest absolute Gasteiger partial charge is 0.481 e. The van der Waals surface area contributed by atoms with Crippen molar-refractivity contribution >= 4 is 17.7 Å². The van der Waals surface area contributed by atoms with Crippen LogP contribution in [0.2, 0.25) is 0 Å². The van der Waals surface area contributed by atoms with E-state index in [2.05, 4.69) is 5.10 Å². The standard InChI is InChI=1S/C12H20N2O2S/c1-12(2,11(15)16)6-4-5-7-17-10-8-13-14(3)9-10/h8-9H,4-7H2,1-3H3,(H,15,16). The smallest absolute Gasteiger partial charge is 0.309 e. The molecular weight excluding hydrogens is 236 g/mol. The first-order chi connectivity index (χ1) is 7.92. The molecule has 0 spiro atoms. The summed E-state index contributed by atoms with van der Waals surface area (Å²) in [6.07, 6.45) is 6.57. The molecule has 1 N–H and O–H groups in total. The lowest BCUT2D eigenvalue weighted by atomic mass is 9.88. The zero-order chi connectivity index (χ0) is 12.9. The van der Waals surface area contributed by atoms with Gasteiger partial charge in [-0.3, -0.25) is 9.48 Å². The van der Waals surface area contributed by atoms with Crippen LogP contribution in [-0.4, -0.2) is 26.6 Å². The SMILES string of the molecule is Cn1cc(SCCCCC(C)(C)C(=O)O)cn1. The average molecular weight is 256 g/mol. The Hall–Kier alpha value is -0.970. The van der Waals surface area contributed by atoms with Gasteiger partial charge in [0, 0.05) is 18.1 Å². The summed E-state index contributed by atoms with van der Waals surface area (Å²) in [6.45, 7) is 3.56. The van der Waals surface area contributed by atoms with Crippen LogP contribution in [0.4, 0.5) is 0 Å². The van der Waals surface area contributed by atoms with Gasteiger partial charge in [-0.2, -0.15) is 5.10 Å². The van der Waals surface area contributed by atoms with Crippen molar-refractivity contribution in [3.63, 3.8) is 0 Å². The molecule has 0 saturated carbocycles. The van der Waals surface area contributed by atoms with Crippen molar-refractivity contribution < 1.29 is 9.90 Å². The summed E-state index contributed by atoms with van der Waals surface area (Å²) in [5.41, 5.74) is -0.598. The fourth-order valence-electron chi connectivity index (χ4n) is 1.44. The minimum Gasteiger partial charge on any atom is -0.481 e. The van der Waals surface area contributed by atoms with Gasteiger partial charge in [0.1, 0.15) is 0 Å². The highest BCUT2D eigenvalue weighted by atomic mass is 32.2. The molecule has 0 aliphatic rings. The van der Waals surface area contributed by atoms with Crippen LogP contribution in [-0.2, 0) is 11.8 Å². The zero-order valence-corrected chi connectivity index (χ0v) is 11.5. The van der Waals surface area contributed by atoms with Gasteiger partial charge in [0.05, 0.1) is 11.6 Å². The maximum atomic E-state index is 10.9. The van der Waals surface area contributed by atoms with Gasteiger partial charge in [-0.1, -0.05) is 6.42 Å². The van der Waals surface area contributed by atoms with Gasteiger partial charge in [0.15, 0.2) is 0 Å². The van der Waals surface area contributed by atoms with Gasteiger partial charge in [0.25, 0.3) is 0 Å². The highest BCUT2D eigenvalue weighted by Crippen LogP contribution is 2.25. The number of hydrogen-bond donors (Lipinski definition) is 1. The molecule has 1 aromatic rings. The summed E-state index contributed by atoms with van der Waals surface area (Å²) in [7, 11) is 1.90. The van der Waals surface area contributed by atoms with E-state index in [4.69, 9.17) is 5.11 Å². The van der Waals surface area contributed by atoms with Gasteiger partial charge < -0.3 is 5.11 Å². The molecule has 17 heavy (non-hydrogen) atoms. The van der Waals surface area contributed by atoms with Crippen LogP contribution >= 0.6 is 11.8 Å². The van der Waals surface area contributed by atoms with Crippen LogP contribution in [0.3, 0.4) is 0 Å². The van der Waals surface area contributed by atoms with E-state index in [1.165, 1.54) is 4.90 Å². The van der Waals surface area contributed by atoms with E-state index in [-0.39, 0.29) is 0 Å². The molecule has 1 rings (SSSR count). The second-order valence-corrected chi connectivity index (χ2v) is 6.01. The van der Waals surface area contributed by atoms with E-state index >= 15 is 0 Å². The van der Waals surface area contributed by atoms with E-state index in [0.29, 0.717) is 0 Å². The Balaban J connectivity index is 2.15. The normalized spacial score (nSPS) is 11.7. The molecule has 0 fully saturated rings. The Kier molecular flexibility index (Phi) is 5.05. The Morgan fingerprint density at radius 3 is 2.76 bits per heavy atom.